The maximum Gasteiger partial charge on any atom is 0.407 e. The van der Waals surface area contributed by atoms with Gasteiger partial charge in [-0.2, -0.15) is 0 Å². The first-order valence-corrected chi connectivity index (χ1v) is 10.0. The van der Waals surface area contributed by atoms with E-state index in [9.17, 15) is 14.9 Å². The summed E-state index contributed by atoms with van der Waals surface area (Å²) in [6, 6.07) is 21.2. The summed E-state index contributed by atoms with van der Waals surface area (Å²) in [7, 11) is 0. The number of aryl methyl sites for hydroxylation is 1. The molecule has 6 nitrogen and oxygen atoms in total. The van der Waals surface area contributed by atoms with Crippen molar-refractivity contribution in [2.75, 3.05) is 13.2 Å². The second-order valence-corrected chi connectivity index (χ2v) is 7.47. The van der Waals surface area contributed by atoms with Gasteiger partial charge in [0.05, 0.1) is 4.92 Å². The molecule has 1 aliphatic carbocycles. The van der Waals surface area contributed by atoms with Crippen LogP contribution in [0.5, 0.6) is 0 Å². The third kappa shape index (κ3) is 4.48. The number of nitro benzene ring substituents is 1. The van der Waals surface area contributed by atoms with Crippen LogP contribution in [0.1, 0.15) is 28.2 Å². The van der Waals surface area contributed by atoms with Crippen LogP contribution in [0.4, 0.5) is 10.5 Å². The molecule has 0 fully saturated rings. The minimum atomic E-state index is -0.498. The van der Waals surface area contributed by atoms with E-state index < -0.39 is 11.0 Å². The van der Waals surface area contributed by atoms with Crippen LogP contribution in [0.3, 0.4) is 0 Å². The maximum atomic E-state index is 12.2. The highest BCUT2D eigenvalue weighted by atomic mass is 16.6. The van der Waals surface area contributed by atoms with Gasteiger partial charge in [0.1, 0.15) is 6.61 Å². The number of benzene rings is 3. The molecule has 4 rings (SSSR count). The zero-order valence-electron chi connectivity index (χ0n) is 17.1. The Balaban J connectivity index is 1.33. The van der Waals surface area contributed by atoms with Gasteiger partial charge < -0.3 is 10.1 Å². The van der Waals surface area contributed by atoms with Crippen molar-refractivity contribution in [2.45, 2.75) is 12.8 Å². The molecule has 1 amide bonds. The molecule has 1 N–H and O–H groups in total. The van der Waals surface area contributed by atoms with Crippen LogP contribution >= 0.6 is 0 Å². The number of nitro groups is 1. The average molecular weight is 414 g/mol. The van der Waals surface area contributed by atoms with E-state index in [0.29, 0.717) is 5.56 Å². The van der Waals surface area contributed by atoms with Crippen LogP contribution in [-0.4, -0.2) is 24.2 Å². The number of non-ortho nitro benzene ring substituents is 1. The van der Waals surface area contributed by atoms with Gasteiger partial charge in [-0.3, -0.25) is 10.1 Å². The molecule has 0 saturated carbocycles. The summed E-state index contributed by atoms with van der Waals surface area (Å²) in [5, 5.41) is 13.7. The largest absolute Gasteiger partial charge is 0.449 e. The van der Waals surface area contributed by atoms with E-state index in [2.05, 4.69) is 29.6 Å². The topological polar surface area (TPSA) is 81.5 Å². The van der Waals surface area contributed by atoms with Crippen molar-refractivity contribution in [2.24, 2.45) is 0 Å². The first-order chi connectivity index (χ1) is 15.0. The Bertz CT molecular complexity index is 1120. The van der Waals surface area contributed by atoms with Gasteiger partial charge in [-0.25, -0.2) is 4.79 Å². The van der Waals surface area contributed by atoms with E-state index in [1.807, 2.05) is 30.3 Å². The van der Waals surface area contributed by atoms with Crippen molar-refractivity contribution in [3.05, 3.63) is 105 Å². The molecule has 156 valence electrons. The van der Waals surface area contributed by atoms with E-state index in [4.69, 9.17) is 4.74 Å². The molecule has 6 heteroatoms. The highest BCUT2D eigenvalue weighted by molar-refractivity contribution is 5.79. The van der Waals surface area contributed by atoms with Crippen LogP contribution in [-0.2, 0) is 4.74 Å². The first-order valence-electron chi connectivity index (χ1n) is 10.0. The molecule has 0 aliphatic heterocycles. The van der Waals surface area contributed by atoms with Crippen molar-refractivity contribution in [3.8, 4) is 11.1 Å². The summed E-state index contributed by atoms with van der Waals surface area (Å²) in [5.74, 6) is 0.0153. The predicted molar refractivity (Wildman–Crippen MR) is 120 cm³/mol. The number of amides is 1. The van der Waals surface area contributed by atoms with Crippen molar-refractivity contribution in [3.63, 3.8) is 0 Å². The molecule has 3 aromatic carbocycles. The van der Waals surface area contributed by atoms with Gasteiger partial charge in [0.15, 0.2) is 0 Å². The molecule has 0 heterocycles. The van der Waals surface area contributed by atoms with E-state index in [-0.39, 0.29) is 24.8 Å². The lowest BCUT2D eigenvalue weighted by atomic mass is 9.98. The molecule has 0 spiro atoms. The normalized spacial score (nSPS) is 12.4. The Hall–Kier alpha value is -3.93. The fourth-order valence-corrected chi connectivity index (χ4v) is 3.98. The number of hydrogen-bond donors (Lipinski definition) is 1. The highest BCUT2D eigenvalue weighted by Gasteiger charge is 2.28. The van der Waals surface area contributed by atoms with Crippen molar-refractivity contribution >= 4 is 17.9 Å². The van der Waals surface area contributed by atoms with Crippen molar-refractivity contribution in [1.29, 1.82) is 0 Å². The first kappa shape index (κ1) is 20.3. The lowest BCUT2D eigenvalue weighted by Gasteiger charge is -2.14. The predicted octanol–water partition coefficient (Wildman–Crippen LogP) is 5.46. The Morgan fingerprint density at radius 3 is 2.35 bits per heavy atom. The molecule has 0 unspecified atom stereocenters. The minimum Gasteiger partial charge on any atom is -0.449 e. The number of fused-ring (bicyclic) bond motifs is 3. The molecule has 0 saturated heterocycles. The van der Waals surface area contributed by atoms with Gasteiger partial charge in [-0.15, -0.1) is 0 Å². The van der Waals surface area contributed by atoms with Gasteiger partial charge in [-0.05, 0) is 40.3 Å². The van der Waals surface area contributed by atoms with Gasteiger partial charge in [-0.1, -0.05) is 66.7 Å². The number of nitrogens with zero attached hydrogens (tertiary/aromatic N) is 1. The molecule has 1 aliphatic rings. The number of ether oxygens (including phenoxy) is 1. The Labute approximate surface area is 180 Å². The molecule has 0 aromatic heterocycles. The lowest BCUT2D eigenvalue weighted by Crippen LogP contribution is -2.26. The summed E-state index contributed by atoms with van der Waals surface area (Å²) >= 11 is 0. The van der Waals surface area contributed by atoms with E-state index in [1.165, 1.54) is 23.3 Å². The summed E-state index contributed by atoms with van der Waals surface area (Å²) in [5.41, 5.74) is 6.25. The Morgan fingerprint density at radius 2 is 1.71 bits per heavy atom. The van der Waals surface area contributed by atoms with Crippen molar-refractivity contribution < 1.29 is 14.5 Å². The van der Waals surface area contributed by atoms with Gasteiger partial charge in [0.2, 0.25) is 0 Å². The highest BCUT2D eigenvalue weighted by Crippen LogP contribution is 2.44. The molecule has 3 aromatic rings. The standard InChI is InChI=1S/C25H22N2O4/c1-17-13-18(15-19(14-17)27(29)30)7-6-12-26-25(28)31-16-24-22-10-4-2-8-20(22)21-9-3-5-11-23(21)24/h2-11,13-15,24H,12,16H2,1H3,(H,26,28). The molecule has 0 bridgehead atoms. The van der Waals surface area contributed by atoms with Crippen LogP contribution in [0.15, 0.2) is 72.8 Å². The zero-order valence-corrected chi connectivity index (χ0v) is 17.1. The summed E-state index contributed by atoms with van der Waals surface area (Å²) in [4.78, 5) is 22.7. The number of hydrogen-bond acceptors (Lipinski definition) is 4. The van der Waals surface area contributed by atoms with Gasteiger partial charge >= 0.3 is 6.09 Å². The van der Waals surface area contributed by atoms with Gasteiger partial charge in [0.25, 0.3) is 5.69 Å². The molecule has 0 radical (unpaired) electrons. The van der Waals surface area contributed by atoms with E-state index in [1.54, 1.807) is 19.1 Å². The average Bonchev–Trinajstić information content (AvgIpc) is 3.09. The van der Waals surface area contributed by atoms with Crippen molar-refractivity contribution in [1.82, 2.24) is 5.32 Å². The number of carbonyl (C=O) groups excluding carboxylic acids is 1. The van der Waals surface area contributed by atoms with E-state index in [0.717, 1.165) is 16.7 Å². The number of rotatable bonds is 6. The fraction of sp³-hybridized carbons (Fsp3) is 0.160. The van der Waals surface area contributed by atoms with Crippen LogP contribution in [0, 0.1) is 17.0 Å². The van der Waals surface area contributed by atoms with Crippen LogP contribution in [0.25, 0.3) is 17.2 Å². The molecule has 31 heavy (non-hydrogen) atoms. The monoisotopic (exact) mass is 414 g/mol. The molecular formula is C25H22N2O4. The summed E-state index contributed by atoms with van der Waals surface area (Å²) in [6.07, 6.45) is 2.98. The third-order valence-corrected chi connectivity index (χ3v) is 5.31. The SMILES string of the molecule is Cc1cc(C=CCNC(=O)OCC2c3ccccc3-c3ccccc32)cc([N+](=O)[O-])c1. The second-order valence-electron chi connectivity index (χ2n) is 7.47. The number of alkyl carbamates (subject to hydrolysis) is 1. The quantitative estimate of drug-likeness (QED) is 0.429. The number of nitrogens with one attached hydrogen (secondary N) is 1. The smallest absolute Gasteiger partial charge is 0.407 e. The van der Waals surface area contributed by atoms with Crippen LogP contribution in [0.2, 0.25) is 0 Å². The molecule has 0 atom stereocenters. The summed E-state index contributed by atoms with van der Waals surface area (Å²) in [6.45, 7) is 2.32. The van der Waals surface area contributed by atoms with Gasteiger partial charge in [0, 0.05) is 24.6 Å². The molecular weight excluding hydrogens is 392 g/mol. The van der Waals surface area contributed by atoms with Crippen LogP contribution < -0.4 is 5.32 Å². The zero-order chi connectivity index (χ0) is 21.8. The second kappa shape index (κ2) is 8.83. The minimum absolute atomic E-state index is 0.0153. The van der Waals surface area contributed by atoms with E-state index >= 15 is 0 Å². The Kier molecular flexibility index (Phi) is 5.80. The summed E-state index contributed by atoms with van der Waals surface area (Å²) < 4.78 is 5.49. The Morgan fingerprint density at radius 1 is 1.06 bits per heavy atom. The lowest BCUT2D eigenvalue weighted by molar-refractivity contribution is -0.384. The maximum absolute atomic E-state index is 12.2. The fourth-order valence-electron chi connectivity index (χ4n) is 3.98. The number of carbonyl (C=O) groups is 1. The third-order valence-electron chi connectivity index (χ3n) is 5.31.